The van der Waals surface area contributed by atoms with Crippen LogP contribution in [0, 0.1) is 0 Å². The zero-order chi connectivity index (χ0) is 23.5. The Morgan fingerprint density at radius 3 is 1.34 bits per heavy atom. The first kappa shape index (κ1) is 24.8. The molecule has 0 saturated carbocycles. The van der Waals surface area contributed by atoms with Gasteiger partial charge < -0.3 is 20.9 Å². The van der Waals surface area contributed by atoms with E-state index in [1.54, 1.807) is 12.1 Å². The minimum atomic E-state index is -0.418. The predicted octanol–water partition coefficient (Wildman–Crippen LogP) is 5.89. The van der Waals surface area contributed by atoms with E-state index in [0.717, 1.165) is 24.0 Å². The van der Waals surface area contributed by atoms with Crippen molar-refractivity contribution in [2.24, 2.45) is 21.5 Å². The molecule has 4 N–H and O–H groups in total. The molecule has 172 valence electrons. The van der Waals surface area contributed by atoms with Crippen LogP contribution in [0.4, 0.5) is 0 Å². The molecule has 0 fully saturated rings. The van der Waals surface area contributed by atoms with Gasteiger partial charge in [0.05, 0.1) is 20.1 Å². The molecule has 2 aliphatic rings. The van der Waals surface area contributed by atoms with E-state index in [1.807, 2.05) is 38.1 Å². The Labute approximate surface area is 207 Å². The molecule has 10 heteroatoms. The number of halogens is 4. The van der Waals surface area contributed by atoms with Gasteiger partial charge in [-0.3, -0.25) is 0 Å². The van der Waals surface area contributed by atoms with E-state index < -0.39 is 11.1 Å². The van der Waals surface area contributed by atoms with Crippen LogP contribution in [0.25, 0.3) is 0 Å². The smallest absolute Gasteiger partial charge is 0.283 e. The van der Waals surface area contributed by atoms with Crippen LogP contribution < -0.4 is 11.5 Å². The molecule has 0 unspecified atom stereocenters. The third-order valence-electron chi connectivity index (χ3n) is 5.65. The largest absolute Gasteiger partial charge is 0.462 e. The van der Waals surface area contributed by atoms with Crippen LogP contribution in [-0.2, 0) is 20.6 Å². The van der Waals surface area contributed by atoms with Crippen molar-refractivity contribution in [2.75, 3.05) is 13.2 Å². The highest BCUT2D eigenvalue weighted by Crippen LogP contribution is 2.37. The first-order valence-corrected chi connectivity index (χ1v) is 11.5. The van der Waals surface area contributed by atoms with E-state index in [4.69, 9.17) is 67.3 Å². The Hall–Kier alpha value is -1.86. The molecule has 0 aliphatic carbocycles. The Balaban J connectivity index is 0.000000181. The average molecular weight is 518 g/mol. The van der Waals surface area contributed by atoms with Crippen molar-refractivity contribution in [3.05, 3.63) is 67.6 Å². The number of ether oxygens (including phenoxy) is 2. The molecular weight excluding hydrogens is 494 g/mol. The lowest BCUT2D eigenvalue weighted by Crippen LogP contribution is -2.24. The maximum atomic E-state index is 6.00. The number of nitrogens with two attached hydrogens (primary N) is 2. The summed E-state index contributed by atoms with van der Waals surface area (Å²) >= 11 is 23.8. The lowest BCUT2D eigenvalue weighted by Gasteiger charge is -2.22. The molecule has 0 saturated heterocycles. The summed E-state index contributed by atoms with van der Waals surface area (Å²) in [5.41, 5.74) is 12.2. The first-order chi connectivity index (χ1) is 15.1. The minimum Gasteiger partial charge on any atom is -0.462 e. The quantitative estimate of drug-likeness (QED) is 0.528. The van der Waals surface area contributed by atoms with Crippen LogP contribution in [0.5, 0.6) is 0 Å². The van der Waals surface area contributed by atoms with Gasteiger partial charge in [-0.1, -0.05) is 72.4 Å². The van der Waals surface area contributed by atoms with Crippen LogP contribution in [-0.4, -0.2) is 25.3 Å². The van der Waals surface area contributed by atoms with Gasteiger partial charge in [0.25, 0.3) is 12.0 Å². The van der Waals surface area contributed by atoms with Crippen LogP contribution in [0.15, 0.2) is 46.4 Å². The van der Waals surface area contributed by atoms with E-state index in [0.29, 0.717) is 33.3 Å². The Morgan fingerprint density at radius 2 is 1.09 bits per heavy atom. The average Bonchev–Trinajstić information content (AvgIpc) is 3.36. The molecule has 2 aliphatic heterocycles. The second-order valence-corrected chi connectivity index (χ2v) is 9.13. The Bertz CT molecular complexity index is 979. The molecule has 32 heavy (non-hydrogen) atoms. The number of rotatable bonds is 4. The van der Waals surface area contributed by atoms with Crippen molar-refractivity contribution in [3.8, 4) is 0 Å². The number of nitrogens with zero attached hydrogens (tertiary/aromatic N) is 2. The fourth-order valence-corrected chi connectivity index (χ4v) is 4.17. The fourth-order valence-electron chi connectivity index (χ4n) is 3.58. The lowest BCUT2D eigenvalue weighted by atomic mass is 9.89. The number of aliphatic imine (C=N–C) groups is 2. The van der Waals surface area contributed by atoms with Gasteiger partial charge in [-0.05, 0) is 48.2 Å². The van der Waals surface area contributed by atoms with Crippen LogP contribution in [0.3, 0.4) is 0 Å². The molecule has 0 spiro atoms. The van der Waals surface area contributed by atoms with Crippen molar-refractivity contribution >= 4 is 58.4 Å². The molecule has 0 aromatic heterocycles. The van der Waals surface area contributed by atoms with Gasteiger partial charge in [0.15, 0.2) is 0 Å². The molecule has 2 aromatic carbocycles. The normalized spacial score (nSPS) is 24.1. The second kappa shape index (κ2) is 9.96. The van der Waals surface area contributed by atoms with Crippen molar-refractivity contribution in [3.63, 3.8) is 0 Å². The SMILES string of the molecule is CC[C@@]1(c2ccc(Cl)c(Cl)c2)COC(N)=N1.CC[C@]1(c2ccc(Cl)c(Cl)c2)COC(N)=N1. The zero-order valence-electron chi connectivity index (χ0n) is 17.7. The molecule has 0 bridgehead atoms. The molecule has 0 amide bonds. The minimum absolute atomic E-state index is 0.230. The van der Waals surface area contributed by atoms with Crippen LogP contribution in [0.1, 0.15) is 37.8 Å². The Morgan fingerprint density at radius 1 is 0.719 bits per heavy atom. The standard InChI is InChI=1S/2C11H12Cl2N2O/c2*1-2-11(6-16-10(14)15-11)7-3-4-8(12)9(13)5-7/h2*3-5H,2,6H2,1H3,(H2,14,15)/t2*11-/m10/s1. The van der Waals surface area contributed by atoms with E-state index in [-0.39, 0.29) is 12.0 Å². The van der Waals surface area contributed by atoms with Gasteiger partial charge in [-0.2, -0.15) is 0 Å². The van der Waals surface area contributed by atoms with Crippen LogP contribution >= 0.6 is 46.4 Å². The van der Waals surface area contributed by atoms with Gasteiger partial charge in [0.2, 0.25) is 0 Å². The monoisotopic (exact) mass is 516 g/mol. The van der Waals surface area contributed by atoms with Gasteiger partial charge in [0, 0.05) is 0 Å². The summed E-state index contributed by atoms with van der Waals surface area (Å²) < 4.78 is 10.5. The highest BCUT2D eigenvalue weighted by molar-refractivity contribution is 6.42. The molecule has 2 atom stereocenters. The van der Waals surface area contributed by atoms with E-state index in [9.17, 15) is 0 Å². The summed E-state index contributed by atoms with van der Waals surface area (Å²) in [4.78, 5) is 8.70. The lowest BCUT2D eigenvalue weighted by molar-refractivity contribution is 0.248. The molecule has 6 nitrogen and oxygen atoms in total. The van der Waals surface area contributed by atoms with E-state index >= 15 is 0 Å². The summed E-state index contributed by atoms with van der Waals surface area (Å²) in [6, 6.07) is 11.4. The van der Waals surface area contributed by atoms with E-state index in [2.05, 4.69) is 9.98 Å². The third-order valence-corrected chi connectivity index (χ3v) is 7.13. The predicted molar refractivity (Wildman–Crippen MR) is 132 cm³/mol. The van der Waals surface area contributed by atoms with Gasteiger partial charge in [-0.25, -0.2) is 9.98 Å². The van der Waals surface area contributed by atoms with E-state index in [1.165, 1.54) is 0 Å². The second-order valence-electron chi connectivity index (χ2n) is 7.51. The maximum absolute atomic E-state index is 6.00. The maximum Gasteiger partial charge on any atom is 0.283 e. The first-order valence-electron chi connectivity index (χ1n) is 10.0. The number of benzene rings is 2. The zero-order valence-corrected chi connectivity index (χ0v) is 20.7. The number of hydrogen-bond donors (Lipinski definition) is 2. The Kier molecular flexibility index (Phi) is 7.71. The highest BCUT2D eigenvalue weighted by Gasteiger charge is 2.37. The summed E-state index contributed by atoms with van der Waals surface area (Å²) in [7, 11) is 0. The fraction of sp³-hybridized carbons (Fsp3) is 0.364. The summed E-state index contributed by atoms with van der Waals surface area (Å²) in [5, 5.41) is 2.11. The van der Waals surface area contributed by atoms with Gasteiger partial charge in [-0.15, -0.1) is 0 Å². The summed E-state index contributed by atoms with van der Waals surface area (Å²) in [6.07, 6.45) is 1.59. The molecule has 2 heterocycles. The highest BCUT2D eigenvalue weighted by atomic mass is 35.5. The van der Waals surface area contributed by atoms with Crippen molar-refractivity contribution in [1.29, 1.82) is 0 Å². The summed E-state index contributed by atoms with van der Waals surface area (Å²) in [6.45, 7) is 4.97. The molecule has 2 aromatic rings. The number of hydrogen-bond acceptors (Lipinski definition) is 6. The molecular formula is C22H24Cl4N4O2. The van der Waals surface area contributed by atoms with Gasteiger partial charge >= 0.3 is 0 Å². The molecule has 4 rings (SSSR count). The molecule has 0 radical (unpaired) electrons. The summed E-state index contributed by atoms with van der Waals surface area (Å²) in [5.74, 6) is 0. The van der Waals surface area contributed by atoms with Crippen molar-refractivity contribution in [1.82, 2.24) is 0 Å². The van der Waals surface area contributed by atoms with Gasteiger partial charge in [0.1, 0.15) is 24.3 Å². The third kappa shape index (κ3) is 5.04. The number of amidine groups is 2. The van der Waals surface area contributed by atoms with Crippen molar-refractivity contribution in [2.45, 2.75) is 37.8 Å². The van der Waals surface area contributed by atoms with Crippen molar-refractivity contribution < 1.29 is 9.47 Å². The van der Waals surface area contributed by atoms with Crippen LogP contribution in [0.2, 0.25) is 20.1 Å². The topological polar surface area (TPSA) is 95.2 Å².